The highest BCUT2D eigenvalue weighted by atomic mass is 16.5. The summed E-state index contributed by atoms with van der Waals surface area (Å²) in [6, 6.07) is 6.74. The molecule has 0 aliphatic rings. The molecule has 0 bridgehead atoms. The van der Waals surface area contributed by atoms with E-state index in [-0.39, 0.29) is 17.8 Å². The average Bonchev–Trinajstić information content (AvgIpc) is 2.34. The standard InChI is InChI=1S/C14H21NO3/c1-10(2)8-12(14(17)18-3)15-9-11-6-4-5-7-13(11)16/h4-7,10,12,15-16H,8-9H2,1-3H3. The Kier molecular flexibility index (Phi) is 5.65. The van der Waals surface area contributed by atoms with Gasteiger partial charge < -0.3 is 15.2 Å². The number of hydrogen-bond donors (Lipinski definition) is 2. The van der Waals surface area contributed by atoms with Crippen molar-refractivity contribution in [1.82, 2.24) is 5.32 Å². The normalized spacial score (nSPS) is 12.4. The van der Waals surface area contributed by atoms with Crippen LogP contribution >= 0.6 is 0 Å². The fourth-order valence-corrected chi connectivity index (χ4v) is 1.77. The van der Waals surface area contributed by atoms with E-state index in [1.54, 1.807) is 12.1 Å². The van der Waals surface area contributed by atoms with Crippen molar-refractivity contribution in [2.45, 2.75) is 32.9 Å². The minimum Gasteiger partial charge on any atom is -0.508 e. The minimum atomic E-state index is -0.338. The number of para-hydroxylation sites is 1. The second kappa shape index (κ2) is 7.01. The molecule has 0 radical (unpaired) electrons. The van der Waals surface area contributed by atoms with Gasteiger partial charge in [0, 0.05) is 12.1 Å². The molecule has 1 unspecified atom stereocenters. The Balaban J connectivity index is 2.62. The van der Waals surface area contributed by atoms with E-state index < -0.39 is 0 Å². The van der Waals surface area contributed by atoms with Gasteiger partial charge in [-0.1, -0.05) is 32.0 Å². The molecule has 0 saturated heterocycles. The van der Waals surface area contributed by atoms with Crippen LogP contribution in [0.2, 0.25) is 0 Å². The number of benzene rings is 1. The van der Waals surface area contributed by atoms with Crippen LogP contribution in [0.1, 0.15) is 25.8 Å². The van der Waals surface area contributed by atoms with Gasteiger partial charge in [-0.2, -0.15) is 0 Å². The second-order valence-corrected chi connectivity index (χ2v) is 4.71. The van der Waals surface area contributed by atoms with Crippen molar-refractivity contribution in [1.29, 1.82) is 0 Å². The van der Waals surface area contributed by atoms with Crippen LogP contribution in [-0.4, -0.2) is 24.2 Å². The molecule has 1 aromatic carbocycles. The van der Waals surface area contributed by atoms with Crippen molar-refractivity contribution in [3.63, 3.8) is 0 Å². The summed E-state index contributed by atoms with van der Waals surface area (Å²) in [5.41, 5.74) is 0.773. The molecule has 100 valence electrons. The van der Waals surface area contributed by atoms with E-state index in [0.717, 1.165) is 5.56 Å². The van der Waals surface area contributed by atoms with E-state index in [1.807, 2.05) is 12.1 Å². The maximum absolute atomic E-state index is 11.6. The van der Waals surface area contributed by atoms with Gasteiger partial charge in [-0.25, -0.2) is 0 Å². The van der Waals surface area contributed by atoms with Crippen molar-refractivity contribution >= 4 is 5.97 Å². The molecule has 2 N–H and O–H groups in total. The molecular formula is C14H21NO3. The fraction of sp³-hybridized carbons (Fsp3) is 0.500. The number of phenolic OH excluding ortho intramolecular Hbond substituents is 1. The number of nitrogens with one attached hydrogen (secondary N) is 1. The van der Waals surface area contributed by atoms with Gasteiger partial charge in [-0.05, 0) is 18.4 Å². The zero-order valence-corrected chi connectivity index (χ0v) is 11.1. The van der Waals surface area contributed by atoms with Gasteiger partial charge >= 0.3 is 5.97 Å². The van der Waals surface area contributed by atoms with Gasteiger partial charge in [-0.15, -0.1) is 0 Å². The largest absolute Gasteiger partial charge is 0.508 e. The lowest BCUT2D eigenvalue weighted by atomic mass is 10.0. The van der Waals surface area contributed by atoms with E-state index in [1.165, 1.54) is 7.11 Å². The zero-order chi connectivity index (χ0) is 13.5. The molecule has 0 amide bonds. The van der Waals surface area contributed by atoms with Crippen molar-refractivity contribution in [3.05, 3.63) is 29.8 Å². The summed E-state index contributed by atoms with van der Waals surface area (Å²) in [7, 11) is 1.39. The predicted octanol–water partition coefficient (Wildman–Crippen LogP) is 2.07. The summed E-state index contributed by atoms with van der Waals surface area (Å²) < 4.78 is 4.77. The molecule has 0 aliphatic heterocycles. The Hall–Kier alpha value is -1.55. The van der Waals surface area contributed by atoms with Crippen molar-refractivity contribution in [2.24, 2.45) is 5.92 Å². The molecule has 0 fully saturated rings. The van der Waals surface area contributed by atoms with E-state index in [9.17, 15) is 9.90 Å². The SMILES string of the molecule is COC(=O)C(CC(C)C)NCc1ccccc1O. The number of carbonyl (C=O) groups excluding carboxylic acids is 1. The monoisotopic (exact) mass is 251 g/mol. The van der Waals surface area contributed by atoms with Crippen LogP contribution in [0.15, 0.2) is 24.3 Å². The van der Waals surface area contributed by atoms with Crippen LogP contribution in [0.4, 0.5) is 0 Å². The molecule has 1 atom stereocenters. The molecule has 0 heterocycles. The lowest BCUT2D eigenvalue weighted by molar-refractivity contribution is -0.143. The van der Waals surface area contributed by atoms with Gasteiger partial charge in [0.2, 0.25) is 0 Å². The maximum Gasteiger partial charge on any atom is 0.322 e. The van der Waals surface area contributed by atoms with Crippen molar-refractivity contribution in [2.75, 3.05) is 7.11 Å². The first-order valence-corrected chi connectivity index (χ1v) is 6.12. The number of phenols is 1. The van der Waals surface area contributed by atoms with Gasteiger partial charge in [0.25, 0.3) is 0 Å². The summed E-state index contributed by atoms with van der Waals surface area (Å²) in [6.45, 7) is 4.55. The third-order valence-electron chi connectivity index (χ3n) is 2.72. The molecule has 0 aliphatic carbocycles. The third kappa shape index (κ3) is 4.37. The summed E-state index contributed by atoms with van der Waals surface area (Å²) in [4.78, 5) is 11.6. The Morgan fingerprint density at radius 1 is 1.39 bits per heavy atom. The van der Waals surface area contributed by atoms with Gasteiger partial charge in [0.1, 0.15) is 11.8 Å². The van der Waals surface area contributed by atoms with E-state index in [4.69, 9.17) is 4.74 Å². The second-order valence-electron chi connectivity index (χ2n) is 4.71. The Bertz CT molecular complexity index is 390. The van der Waals surface area contributed by atoms with Crippen LogP contribution in [-0.2, 0) is 16.1 Å². The first-order valence-electron chi connectivity index (χ1n) is 6.12. The number of hydrogen-bond acceptors (Lipinski definition) is 4. The summed E-state index contributed by atoms with van der Waals surface area (Å²) in [5.74, 6) is 0.364. The molecular weight excluding hydrogens is 230 g/mol. The van der Waals surface area contributed by atoms with E-state index in [2.05, 4.69) is 19.2 Å². The Labute approximate surface area is 108 Å². The first kappa shape index (κ1) is 14.5. The third-order valence-corrected chi connectivity index (χ3v) is 2.72. The fourth-order valence-electron chi connectivity index (χ4n) is 1.77. The van der Waals surface area contributed by atoms with E-state index in [0.29, 0.717) is 18.9 Å². The number of methoxy groups -OCH3 is 1. The van der Waals surface area contributed by atoms with Gasteiger partial charge in [-0.3, -0.25) is 4.79 Å². The summed E-state index contributed by atoms with van der Waals surface area (Å²) in [6.07, 6.45) is 0.709. The number of esters is 1. The van der Waals surface area contributed by atoms with Crippen LogP contribution in [0.5, 0.6) is 5.75 Å². The molecule has 1 aromatic rings. The quantitative estimate of drug-likeness (QED) is 0.760. The molecule has 4 heteroatoms. The first-order chi connectivity index (χ1) is 8.54. The highest BCUT2D eigenvalue weighted by Gasteiger charge is 2.19. The number of rotatable bonds is 6. The topological polar surface area (TPSA) is 58.6 Å². The van der Waals surface area contributed by atoms with E-state index >= 15 is 0 Å². The Morgan fingerprint density at radius 3 is 2.61 bits per heavy atom. The van der Waals surface area contributed by atoms with Gasteiger partial charge in [0.15, 0.2) is 0 Å². The summed E-state index contributed by atoms with van der Waals surface area (Å²) >= 11 is 0. The van der Waals surface area contributed by atoms with Crippen LogP contribution < -0.4 is 5.32 Å². The van der Waals surface area contributed by atoms with Crippen LogP contribution in [0.25, 0.3) is 0 Å². The molecule has 18 heavy (non-hydrogen) atoms. The smallest absolute Gasteiger partial charge is 0.322 e. The summed E-state index contributed by atoms with van der Waals surface area (Å²) in [5, 5.41) is 12.8. The molecule has 0 aromatic heterocycles. The maximum atomic E-state index is 11.6. The molecule has 0 spiro atoms. The van der Waals surface area contributed by atoms with Crippen molar-refractivity contribution < 1.29 is 14.6 Å². The minimum absolute atomic E-state index is 0.234. The number of carbonyl (C=O) groups is 1. The number of aromatic hydroxyl groups is 1. The molecule has 0 saturated carbocycles. The van der Waals surface area contributed by atoms with Crippen LogP contribution in [0, 0.1) is 5.92 Å². The van der Waals surface area contributed by atoms with Gasteiger partial charge in [0.05, 0.1) is 7.11 Å². The zero-order valence-electron chi connectivity index (χ0n) is 11.1. The number of ether oxygens (including phenoxy) is 1. The predicted molar refractivity (Wildman–Crippen MR) is 70.2 cm³/mol. The lowest BCUT2D eigenvalue weighted by Crippen LogP contribution is -2.38. The highest BCUT2D eigenvalue weighted by Crippen LogP contribution is 2.16. The van der Waals surface area contributed by atoms with Crippen LogP contribution in [0.3, 0.4) is 0 Å². The van der Waals surface area contributed by atoms with Crippen molar-refractivity contribution in [3.8, 4) is 5.75 Å². The lowest BCUT2D eigenvalue weighted by Gasteiger charge is -2.18. The highest BCUT2D eigenvalue weighted by molar-refractivity contribution is 5.75. The molecule has 1 rings (SSSR count). The Morgan fingerprint density at radius 2 is 2.06 bits per heavy atom. The molecule has 4 nitrogen and oxygen atoms in total. The average molecular weight is 251 g/mol.